The van der Waals surface area contributed by atoms with E-state index in [1.165, 1.54) is 18.2 Å². The van der Waals surface area contributed by atoms with Crippen LogP contribution >= 0.6 is 23.2 Å². The number of benzene rings is 2. The van der Waals surface area contributed by atoms with Crippen molar-refractivity contribution >= 4 is 50.8 Å². The van der Waals surface area contributed by atoms with Gasteiger partial charge < -0.3 is 9.92 Å². The quantitative estimate of drug-likeness (QED) is 0.488. The van der Waals surface area contributed by atoms with Gasteiger partial charge in [-0.3, -0.25) is 0 Å². The normalized spacial score (nSPS) is 11.8. The smallest absolute Gasteiger partial charge is 0.398 e. The third kappa shape index (κ3) is 4.55. The van der Waals surface area contributed by atoms with E-state index in [0.717, 1.165) is 6.07 Å². The van der Waals surface area contributed by atoms with E-state index in [9.17, 15) is 12.3 Å². The molecular weight excluding hydrogens is 356 g/mol. The van der Waals surface area contributed by atoms with Gasteiger partial charge in [-0.15, -0.1) is 0 Å². The molecule has 0 aromatic heterocycles. The number of anilines is 1. The standard InChI is InChI=1S/C12H8Cl2FN3O3S/c13-9-5-7(1-3-11(9)16)17-18-8-2-4-12(10(14)6-8)21-22(15,19)20/h1-6H,16H2/b18-17+. The molecule has 0 saturated heterocycles. The summed E-state index contributed by atoms with van der Waals surface area (Å²) >= 11 is 11.6. The second kappa shape index (κ2) is 6.47. The fourth-order valence-electron chi connectivity index (χ4n) is 1.42. The summed E-state index contributed by atoms with van der Waals surface area (Å²) in [7, 11) is -5.14. The average molecular weight is 364 g/mol. The van der Waals surface area contributed by atoms with Crippen molar-refractivity contribution in [2.75, 3.05) is 5.73 Å². The zero-order valence-electron chi connectivity index (χ0n) is 10.7. The Hall–Kier alpha value is -1.90. The molecule has 116 valence electrons. The van der Waals surface area contributed by atoms with Crippen molar-refractivity contribution in [2.24, 2.45) is 10.2 Å². The predicted octanol–water partition coefficient (Wildman–Crippen LogP) is 4.58. The highest BCUT2D eigenvalue weighted by molar-refractivity contribution is 7.81. The Morgan fingerprint density at radius 3 is 2.05 bits per heavy atom. The molecule has 0 saturated carbocycles. The van der Waals surface area contributed by atoms with E-state index in [0.29, 0.717) is 22.1 Å². The van der Waals surface area contributed by atoms with Gasteiger partial charge in [0.15, 0.2) is 5.75 Å². The van der Waals surface area contributed by atoms with Crippen LogP contribution in [-0.2, 0) is 10.5 Å². The number of nitrogens with zero attached hydrogens (tertiary/aromatic N) is 2. The molecule has 0 bridgehead atoms. The second-order valence-corrected chi connectivity index (χ2v) is 5.76. The van der Waals surface area contributed by atoms with E-state index in [4.69, 9.17) is 28.9 Å². The van der Waals surface area contributed by atoms with Crippen molar-refractivity contribution in [3.8, 4) is 5.75 Å². The Kier molecular flexibility index (Phi) is 4.84. The fourth-order valence-corrected chi connectivity index (χ4v) is 2.21. The van der Waals surface area contributed by atoms with E-state index in [2.05, 4.69) is 14.4 Å². The van der Waals surface area contributed by atoms with Gasteiger partial charge in [0.2, 0.25) is 0 Å². The van der Waals surface area contributed by atoms with E-state index in [1.807, 2.05) is 0 Å². The molecule has 0 heterocycles. The van der Waals surface area contributed by atoms with Gasteiger partial charge in [-0.1, -0.05) is 27.1 Å². The van der Waals surface area contributed by atoms with Gasteiger partial charge in [-0.05, 0) is 36.4 Å². The largest absolute Gasteiger partial charge is 0.488 e. The van der Waals surface area contributed by atoms with Crippen molar-refractivity contribution in [2.45, 2.75) is 0 Å². The number of rotatable bonds is 4. The Morgan fingerprint density at radius 2 is 1.55 bits per heavy atom. The highest BCUT2D eigenvalue weighted by Crippen LogP contribution is 2.31. The van der Waals surface area contributed by atoms with Crippen LogP contribution in [0.5, 0.6) is 5.75 Å². The minimum atomic E-state index is -5.14. The third-order valence-corrected chi connectivity index (χ3v) is 3.37. The zero-order chi connectivity index (χ0) is 16.3. The van der Waals surface area contributed by atoms with E-state index < -0.39 is 10.5 Å². The van der Waals surface area contributed by atoms with Crippen molar-refractivity contribution < 1.29 is 16.5 Å². The molecule has 22 heavy (non-hydrogen) atoms. The van der Waals surface area contributed by atoms with Crippen LogP contribution < -0.4 is 9.92 Å². The molecule has 0 radical (unpaired) electrons. The van der Waals surface area contributed by atoms with Gasteiger partial charge in [-0.25, -0.2) is 0 Å². The van der Waals surface area contributed by atoms with E-state index in [-0.39, 0.29) is 10.8 Å². The van der Waals surface area contributed by atoms with Crippen LogP contribution in [-0.4, -0.2) is 8.42 Å². The van der Waals surface area contributed by atoms with Gasteiger partial charge in [0.25, 0.3) is 0 Å². The first-order chi connectivity index (χ1) is 10.2. The minimum Gasteiger partial charge on any atom is -0.398 e. The Labute approximate surface area is 135 Å². The molecule has 0 aliphatic carbocycles. The number of hydrogen-bond donors (Lipinski definition) is 1. The first kappa shape index (κ1) is 16.5. The molecule has 0 atom stereocenters. The summed E-state index contributed by atoms with van der Waals surface area (Å²) in [4.78, 5) is 0. The summed E-state index contributed by atoms with van der Waals surface area (Å²) in [5.74, 6) is -0.348. The maximum Gasteiger partial charge on any atom is 0.488 e. The maximum absolute atomic E-state index is 12.4. The van der Waals surface area contributed by atoms with Crippen LogP contribution in [0.1, 0.15) is 0 Å². The van der Waals surface area contributed by atoms with Crippen LogP contribution in [0.15, 0.2) is 46.6 Å². The third-order valence-electron chi connectivity index (χ3n) is 2.37. The molecule has 0 aliphatic rings. The van der Waals surface area contributed by atoms with Crippen LogP contribution in [0.4, 0.5) is 20.9 Å². The summed E-state index contributed by atoms with van der Waals surface area (Å²) in [5.41, 5.74) is 6.75. The molecule has 2 rings (SSSR count). The highest BCUT2D eigenvalue weighted by Gasteiger charge is 2.13. The monoisotopic (exact) mass is 363 g/mol. The molecule has 0 unspecified atom stereocenters. The Balaban J connectivity index is 2.21. The molecule has 0 amide bonds. The molecule has 10 heteroatoms. The van der Waals surface area contributed by atoms with E-state index >= 15 is 0 Å². The average Bonchev–Trinajstić information content (AvgIpc) is 2.41. The fraction of sp³-hybridized carbons (Fsp3) is 0. The van der Waals surface area contributed by atoms with Gasteiger partial charge in [0, 0.05) is 0 Å². The summed E-state index contributed by atoms with van der Waals surface area (Å²) in [6, 6.07) is 8.49. The second-order valence-electron chi connectivity index (χ2n) is 4.00. The van der Waals surface area contributed by atoms with Crippen molar-refractivity contribution in [1.29, 1.82) is 0 Å². The number of hydrogen-bond acceptors (Lipinski definition) is 6. The lowest BCUT2D eigenvalue weighted by Crippen LogP contribution is -2.01. The summed E-state index contributed by atoms with van der Waals surface area (Å²) < 4.78 is 37.3. The molecule has 0 fully saturated rings. The predicted molar refractivity (Wildman–Crippen MR) is 82.1 cm³/mol. The number of nitrogen functional groups attached to an aromatic ring is 1. The molecule has 6 nitrogen and oxygen atoms in total. The van der Waals surface area contributed by atoms with Crippen molar-refractivity contribution in [1.82, 2.24) is 0 Å². The Morgan fingerprint density at radius 1 is 1.00 bits per heavy atom. The molecule has 2 N–H and O–H groups in total. The van der Waals surface area contributed by atoms with Gasteiger partial charge in [0.05, 0.1) is 27.1 Å². The summed E-state index contributed by atoms with van der Waals surface area (Å²) in [6.45, 7) is 0. The van der Waals surface area contributed by atoms with Crippen LogP contribution in [0.2, 0.25) is 10.0 Å². The Bertz CT molecular complexity index is 844. The van der Waals surface area contributed by atoms with Gasteiger partial charge >= 0.3 is 10.5 Å². The van der Waals surface area contributed by atoms with Crippen LogP contribution in [0.3, 0.4) is 0 Å². The van der Waals surface area contributed by atoms with Gasteiger partial charge in [0.1, 0.15) is 0 Å². The van der Waals surface area contributed by atoms with Crippen LogP contribution in [0.25, 0.3) is 0 Å². The molecule has 0 spiro atoms. The summed E-state index contributed by atoms with van der Waals surface area (Å²) in [5, 5.41) is 8.01. The lowest BCUT2D eigenvalue weighted by molar-refractivity contribution is 0.440. The number of halogens is 3. The minimum absolute atomic E-state index is 0.131. The SMILES string of the molecule is Nc1ccc(/N=N/c2ccc(OS(=O)(=O)F)c(Cl)c2)cc1Cl. The van der Waals surface area contributed by atoms with Crippen molar-refractivity contribution in [3.05, 3.63) is 46.4 Å². The zero-order valence-corrected chi connectivity index (χ0v) is 13.0. The molecule has 2 aromatic carbocycles. The molecule has 2 aromatic rings. The topological polar surface area (TPSA) is 94.1 Å². The number of nitrogens with two attached hydrogens (primary N) is 1. The lowest BCUT2D eigenvalue weighted by atomic mass is 10.3. The lowest BCUT2D eigenvalue weighted by Gasteiger charge is -2.03. The number of azo groups is 1. The van der Waals surface area contributed by atoms with Gasteiger partial charge in [-0.2, -0.15) is 18.6 Å². The molecule has 0 aliphatic heterocycles. The first-order valence-electron chi connectivity index (χ1n) is 5.65. The first-order valence-corrected chi connectivity index (χ1v) is 7.71. The van der Waals surface area contributed by atoms with Crippen LogP contribution in [0, 0.1) is 0 Å². The van der Waals surface area contributed by atoms with E-state index in [1.54, 1.807) is 12.1 Å². The van der Waals surface area contributed by atoms with Crippen molar-refractivity contribution in [3.63, 3.8) is 0 Å². The highest BCUT2D eigenvalue weighted by atomic mass is 35.5. The maximum atomic E-state index is 12.4. The summed E-state index contributed by atoms with van der Waals surface area (Å²) in [6.07, 6.45) is 0. The molecular formula is C12H8Cl2FN3O3S.